The summed E-state index contributed by atoms with van der Waals surface area (Å²) in [5.41, 5.74) is 0. The summed E-state index contributed by atoms with van der Waals surface area (Å²) in [5, 5.41) is 0. The van der Waals surface area contributed by atoms with Gasteiger partial charge < -0.3 is 9.64 Å². The Kier molecular flexibility index (Phi) is 10.8. The van der Waals surface area contributed by atoms with Crippen LogP contribution in [0, 0.1) is 5.92 Å². The molecule has 0 unspecified atom stereocenters. The number of hydrogen-bond donors (Lipinski definition) is 1. The third-order valence-electron chi connectivity index (χ3n) is 3.02. The first-order valence-corrected chi connectivity index (χ1v) is 7.32. The molecule has 0 spiro atoms. The summed E-state index contributed by atoms with van der Waals surface area (Å²) < 4.78 is 5.08. The van der Waals surface area contributed by atoms with Crippen LogP contribution in [0.3, 0.4) is 0 Å². The van der Waals surface area contributed by atoms with E-state index in [4.69, 9.17) is 4.74 Å². The zero-order valence-electron chi connectivity index (χ0n) is 11.4. The number of thiol groups is 1. The molecule has 102 valence electrons. The zero-order valence-corrected chi connectivity index (χ0v) is 12.3. The van der Waals surface area contributed by atoms with Crippen LogP contribution in [0.1, 0.15) is 40.0 Å². The summed E-state index contributed by atoms with van der Waals surface area (Å²) in [6.45, 7) is 9.87. The third kappa shape index (κ3) is 7.66. The van der Waals surface area contributed by atoms with E-state index < -0.39 is 0 Å². The highest BCUT2D eigenvalue weighted by atomic mass is 32.1. The third-order valence-corrected chi connectivity index (χ3v) is 3.28. The van der Waals surface area contributed by atoms with Gasteiger partial charge in [-0.2, -0.15) is 12.6 Å². The van der Waals surface area contributed by atoms with Crippen LogP contribution in [-0.2, 0) is 9.53 Å². The average molecular weight is 261 g/mol. The number of rotatable bonds is 10. The average Bonchev–Trinajstić information content (AvgIpc) is 2.33. The molecular formula is C13H27NO2S. The lowest BCUT2D eigenvalue weighted by molar-refractivity contribution is -0.148. The molecule has 0 aliphatic carbocycles. The Labute approximate surface area is 111 Å². The van der Waals surface area contributed by atoms with Crippen molar-refractivity contribution in [2.75, 3.05) is 32.0 Å². The Morgan fingerprint density at radius 3 is 2.35 bits per heavy atom. The first-order valence-electron chi connectivity index (χ1n) is 6.69. The van der Waals surface area contributed by atoms with E-state index in [-0.39, 0.29) is 11.9 Å². The minimum Gasteiger partial charge on any atom is -0.466 e. The van der Waals surface area contributed by atoms with Crippen LogP contribution in [0.25, 0.3) is 0 Å². The standard InChI is InChI=1S/C13H27NO2S/c1-4-14(5-2)10-7-8-12(9-11-17)13(15)16-6-3/h12,17H,4-11H2,1-3H3/t12-/m1/s1. The van der Waals surface area contributed by atoms with Crippen LogP contribution >= 0.6 is 12.6 Å². The molecule has 1 atom stereocenters. The number of hydrogen-bond acceptors (Lipinski definition) is 4. The lowest BCUT2D eigenvalue weighted by Gasteiger charge is -2.19. The van der Waals surface area contributed by atoms with Gasteiger partial charge in [0.25, 0.3) is 0 Å². The van der Waals surface area contributed by atoms with E-state index in [1.807, 2.05) is 6.92 Å². The molecule has 3 nitrogen and oxygen atoms in total. The fourth-order valence-electron chi connectivity index (χ4n) is 1.90. The molecule has 4 heteroatoms. The summed E-state index contributed by atoms with van der Waals surface area (Å²) in [4.78, 5) is 14.1. The lowest BCUT2D eigenvalue weighted by atomic mass is 10.0. The minimum atomic E-state index is -0.0545. The Hall–Kier alpha value is -0.220. The SMILES string of the molecule is CCOC(=O)[C@@H](CCS)CCCN(CC)CC. The van der Waals surface area contributed by atoms with Gasteiger partial charge in [-0.1, -0.05) is 13.8 Å². The van der Waals surface area contributed by atoms with Crippen molar-refractivity contribution in [3.8, 4) is 0 Å². The lowest BCUT2D eigenvalue weighted by Crippen LogP contribution is -2.25. The van der Waals surface area contributed by atoms with Gasteiger partial charge in [0.1, 0.15) is 0 Å². The molecule has 0 aliphatic rings. The summed E-state index contributed by atoms with van der Waals surface area (Å²) in [7, 11) is 0. The molecule has 0 saturated heterocycles. The van der Waals surface area contributed by atoms with Gasteiger partial charge in [0.2, 0.25) is 0 Å². The van der Waals surface area contributed by atoms with Gasteiger partial charge in [-0.3, -0.25) is 4.79 Å². The van der Waals surface area contributed by atoms with Crippen molar-refractivity contribution in [2.24, 2.45) is 5.92 Å². The Morgan fingerprint density at radius 2 is 1.88 bits per heavy atom. The second-order valence-corrected chi connectivity index (χ2v) is 4.58. The summed E-state index contributed by atoms with van der Waals surface area (Å²) in [5.74, 6) is 0.721. The predicted octanol–water partition coefficient (Wildman–Crippen LogP) is 2.61. The number of nitrogens with zero attached hydrogens (tertiary/aromatic N) is 1. The largest absolute Gasteiger partial charge is 0.466 e. The summed E-state index contributed by atoms with van der Waals surface area (Å²) in [6, 6.07) is 0. The molecule has 0 N–H and O–H groups in total. The van der Waals surface area contributed by atoms with Crippen LogP contribution < -0.4 is 0 Å². The molecule has 17 heavy (non-hydrogen) atoms. The number of carbonyl (C=O) groups excluding carboxylic acids is 1. The highest BCUT2D eigenvalue weighted by Crippen LogP contribution is 2.14. The summed E-state index contributed by atoms with van der Waals surface area (Å²) in [6.07, 6.45) is 2.79. The number of carbonyl (C=O) groups is 1. The smallest absolute Gasteiger partial charge is 0.308 e. The van der Waals surface area contributed by atoms with E-state index >= 15 is 0 Å². The molecule has 0 radical (unpaired) electrons. The second kappa shape index (κ2) is 10.9. The molecular weight excluding hydrogens is 234 g/mol. The molecule has 0 aromatic heterocycles. The van der Waals surface area contributed by atoms with E-state index in [9.17, 15) is 4.79 Å². The summed E-state index contributed by atoms with van der Waals surface area (Å²) >= 11 is 4.20. The first kappa shape index (κ1) is 16.8. The van der Waals surface area contributed by atoms with Crippen molar-refractivity contribution in [1.29, 1.82) is 0 Å². The fourth-order valence-corrected chi connectivity index (χ4v) is 2.21. The first-order chi connectivity index (χ1) is 8.19. The van der Waals surface area contributed by atoms with Crippen molar-refractivity contribution in [3.05, 3.63) is 0 Å². The predicted molar refractivity (Wildman–Crippen MR) is 75.6 cm³/mol. The molecule has 0 aromatic carbocycles. The molecule has 0 saturated carbocycles. The Morgan fingerprint density at radius 1 is 1.24 bits per heavy atom. The molecule has 0 amide bonds. The van der Waals surface area contributed by atoms with Crippen molar-refractivity contribution in [1.82, 2.24) is 4.90 Å². The Bertz CT molecular complexity index is 196. The van der Waals surface area contributed by atoms with Crippen molar-refractivity contribution in [3.63, 3.8) is 0 Å². The van der Waals surface area contributed by atoms with E-state index in [0.717, 1.165) is 44.6 Å². The Balaban J connectivity index is 3.95. The minimum absolute atomic E-state index is 0.0306. The molecule has 0 fully saturated rings. The molecule has 0 bridgehead atoms. The molecule has 0 aliphatic heterocycles. The van der Waals surface area contributed by atoms with E-state index in [0.29, 0.717) is 6.61 Å². The van der Waals surface area contributed by atoms with Gasteiger partial charge in [0.15, 0.2) is 0 Å². The van der Waals surface area contributed by atoms with Crippen molar-refractivity contribution >= 4 is 18.6 Å². The van der Waals surface area contributed by atoms with Crippen LogP contribution in [0.2, 0.25) is 0 Å². The van der Waals surface area contributed by atoms with Crippen LogP contribution in [-0.4, -0.2) is 42.9 Å². The normalized spacial score (nSPS) is 12.8. The topological polar surface area (TPSA) is 29.5 Å². The maximum atomic E-state index is 11.7. The molecule has 0 heterocycles. The van der Waals surface area contributed by atoms with Gasteiger partial charge in [-0.25, -0.2) is 0 Å². The van der Waals surface area contributed by atoms with Crippen LogP contribution in [0.5, 0.6) is 0 Å². The maximum absolute atomic E-state index is 11.7. The van der Waals surface area contributed by atoms with Crippen LogP contribution in [0.15, 0.2) is 0 Å². The van der Waals surface area contributed by atoms with Gasteiger partial charge in [0.05, 0.1) is 12.5 Å². The maximum Gasteiger partial charge on any atom is 0.308 e. The van der Waals surface area contributed by atoms with Gasteiger partial charge in [-0.15, -0.1) is 0 Å². The van der Waals surface area contributed by atoms with E-state index in [1.165, 1.54) is 0 Å². The van der Waals surface area contributed by atoms with Crippen molar-refractivity contribution < 1.29 is 9.53 Å². The van der Waals surface area contributed by atoms with Gasteiger partial charge >= 0.3 is 5.97 Å². The van der Waals surface area contributed by atoms with Crippen molar-refractivity contribution in [2.45, 2.75) is 40.0 Å². The van der Waals surface area contributed by atoms with Gasteiger partial charge in [0, 0.05) is 0 Å². The van der Waals surface area contributed by atoms with Crippen LogP contribution in [0.4, 0.5) is 0 Å². The van der Waals surface area contributed by atoms with E-state index in [1.54, 1.807) is 0 Å². The molecule has 0 rings (SSSR count). The quantitative estimate of drug-likeness (QED) is 0.484. The number of ether oxygens (including phenoxy) is 1. The van der Waals surface area contributed by atoms with Gasteiger partial charge in [-0.05, 0) is 51.6 Å². The second-order valence-electron chi connectivity index (χ2n) is 4.13. The van der Waals surface area contributed by atoms with E-state index in [2.05, 4.69) is 31.4 Å². The molecule has 0 aromatic rings. The number of esters is 1. The highest BCUT2D eigenvalue weighted by Gasteiger charge is 2.18. The highest BCUT2D eigenvalue weighted by molar-refractivity contribution is 7.80. The zero-order chi connectivity index (χ0) is 13.1. The fraction of sp³-hybridized carbons (Fsp3) is 0.923. The monoisotopic (exact) mass is 261 g/mol.